The van der Waals surface area contributed by atoms with Crippen LogP contribution in [0.2, 0.25) is 0 Å². The van der Waals surface area contributed by atoms with E-state index in [0.717, 1.165) is 47.8 Å². The number of hydrogen-bond donors (Lipinski definition) is 0. The van der Waals surface area contributed by atoms with Gasteiger partial charge in [-0.3, -0.25) is 4.79 Å². The van der Waals surface area contributed by atoms with Gasteiger partial charge >= 0.3 is 0 Å². The Kier molecular flexibility index (Phi) is 4.84. The number of thiazole rings is 1. The highest BCUT2D eigenvalue weighted by Crippen LogP contribution is 2.33. The van der Waals surface area contributed by atoms with Crippen molar-refractivity contribution < 1.29 is 9.32 Å². The van der Waals surface area contributed by atoms with Gasteiger partial charge in [0.05, 0.1) is 5.39 Å². The van der Waals surface area contributed by atoms with Crippen LogP contribution in [0.3, 0.4) is 0 Å². The van der Waals surface area contributed by atoms with Crippen molar-refractivity contribution in [3.05, 3.63) is 59.0 Å². The summed E-state index contributed by atoms with van der Waals surface area (Å²) >= 11 is 1.58. The zero-order valence-electron chi connectivity index (χ0n) is 17.0. The maximum atomic E-state index is 13.0. The molecule has 1 aliphatic rings. The minimum atomic E-state index is 0.0516. The Morgan fingerprint density at radius 1 is 1.07 bits per heavy atom. The van der Waals surface area contributed by atoms with Crippen LogP contribution in [0.4, 0.5) is 0 Å². The van der Waals surface area contributed by atoms with Crippen LogP contribution < -0.4 is 0 Å². The molecule has 4 aromatic rings. The van der Waals surface area contributed by atoms with E-state index in [4.69, 9.17) is 9.51 Å². The predicted octanol–water partition coefficient (Wildman–Crippen LogP) is 4.31. The lowest BCUT2D eigenvalue weighted by Gasteiger charge is -2.32. The zero-order chi connectivity index (χ0) is 20.7. The highest BCUT2D eigenvalue weighted by molar-refractivity contribution is 7.13. The number of rotatable bonds is 3. The lowest BCUT2D eigenvalue weighted by atomic mass is 10.1. The van der Waals surface area contributed by atoms with Crippen LogP contribution >= 0.6 is 11.3 Å². The maximum absolute atomic E-state index is 13.0. The fourth-order valence-electron chi connectivity index (χ4n) is 3.66. The van der Waals surface area contributed by atoms with Crippen LogP contribution in [0, 0.1) is 6.92 Å². The second kappa shape index (κ2) is 7.66. The molecule has 0 saturated carbocycles. The largest absolute Gasteiger partial charge is 0.356 e. The first-order valence-corrected chi connectivity index (χ1v) is 10.9. The number of likely N-dealkylation sites (N-methyl/N-ethyl adjacent to an activating group) is 1. The molecule has 2 aromatic heterocycles. The average molecular weight is 419 g/mol. The number of nitrogens with zero attached hydrogens (tertiary/aromatic N) is 4. The highest BCUT2D eigenvalue weighted by atomic mass is 32.1. The van der Waals surface area contributed by atoms with Crippen LogP contribution in [-0.2, 0) is 0 Å². The molecule has 1 aliphatic heterocycles. The molecule has 0 unspecified atom stereocenters. The van der Waals surface area contributed by atoms with Crippen LogP contribution in [-0.4, -0.2) is 59.1 Å². The molecule has 0 radical (unpaired) electrons. The molecule has 7 heteroatoms. The summed E-state index contributed by atoms with van der Waals surface area (Å²) in [4.78, 5) is 21.9. The molecule has 5 rings (SSSR count). The van der Waals surface area contributed by atoms with E-state index in [2.05, 4.69) is 48.3 Å². The lowest BCUT2D eigenvalue weighted by molar-refractivity contribution is 0.0664. The molecule has 0 spiro atoms. The molecule has 0 bridgehead atoms. The summed E-state index contributed by atoms with van der Waals surface area (Å²) in [7, 11) is 2.08. The van der Waals surface area contributed by atoms with Crippen LogP contribution in [0.15, 0.2) is 52.4 Å². The van der Waals surface area contributed by atoms with Gasteiger partial charge in [0.25, 0.3) is 5.91 Å². The molecule has 0 atom stereocenters. The van der Waals surface area contributed by atoms with Gasteiger partial charge in [-0.2, -0.15) is 0 Å². The molecule has 0 aliphatic carbocycles. The Balaban J connectivity index is 1.46. The number of aromatic nitrogens is 2. The van der Waals surface area contributed by atoms with Gasteiger partial charge < -0.3 is 14.3 Å². The highest BCUT2D eigenvalue weighted by Gasteiger charge is 2.22. The van der Waals surface area contributed by atoms with Gasteiger partial charge in [0, 0.05) is 42.7 Å². The van der Waals surface area contributed by atoms with Gasteiger partial charge in [0.15, 0.2) is 5.58 Å². The molecule has 1 saturated heterocycles. The van der Waals surface area contributed by atoms with Crippen molar-refractivity contribution in [1.82, 2.24) is 19.9 Å². The fourth-order valence-corrected chi connectivity index (χ4v) is 4.47. The number of hydrogen-bond acceptors (Lipinski definition) is 6. The third kappa shape index (κ3) is 3.51. The molecule has 0 N–H and O–H groups in total. The molecule has 1 fully saturated rings. The quantitative estimate of drug-likeness (QED) is 0.496. The number of aryl methyl sites for hydroxylation is 1. The summed E-state index contributed by atoms with van der Waals surface area (Å²) in [6.45, 7) is 5.35. The summed E-state index contributed by atoms with van der Waals surface area (Å²) < 4.78 is 5.51. The zero-order valence-corrected chi connectivity index (χ0v) is 17.8. The van der Waals surface area contributed by atoms with Crippen LogP contribution in [0.1, 0.15) is 15.9 Å². The van der Waals surface area contributed by atoms with E-state index in [1.165, 1.54) is 5.56 Å². The van der Waals surface area contributed by atoms with E-state index in [9.17, 15) is 4.79 Å². The van der Waals surface area contributed by atoms with Gasteiger partial charge in [0.2, 0.25) is 0 Å². The minimum absolute atomic E-state index is 0.0516. The van der Waals surface area contributed by atoms with Gasteiger partial charge in [0.1, 0.15) is 16.4 Å². The van der Waals surface area contributed by atoms with Crippen molar-refractivity contribution in [2.24, 2.45) is 0 Å². The second-order valence-corrected chi connectivity index (χ2v) is 8.60. The van der Waals surface area contributed by atoms with E-state index in [1.54, 1.807) is 11.3 Å². The minimum Gasteiger partial charge on any atom is -0.356 e. The molecule has 1 amide bonds. The first-order valence-electron chi connectivity index (χ1n) is 9.99. The van der Waals surface area contributed by atoms with Crippen molar-refractivity contribution >= 4 is 28.2 Å². The molecule has 152 valence electrons. The second-order valence-electron chi connectivity index (χ2n) is 7.74. The van der Waals surface area contributed by atoms with Crippen molar-refractivity contribution in [1.29, 1.82) is 0 Å². The Morgan fingerprint density at radius 2 is 1.83 bits per heavy atom. The Hall–Kier alpha value is -3.03. The van der Waals surface area contributed by atoms with Crippen molar-refractivity contribution in [2.75, 3.05) is 33.2 Å². The Morgan fingerprint density at radius 3 is 2.60 bits per heavy atom. The van der Waals surface area contributed by atoms with Crippen LogP contribution in [0.25, 0.3) is 32.9 Å². The summed E-state index contributed by atoms with van der Waals surface area (Å²) in [6.07, 6.45) is 0. The maximum Gasteiger partial charge on any atom is 0.253 e. The SMILES string of the molecule is Cc1ccc(-c2nc(-c3noc4ccc(C(=O)N5CCN(C)CC5)cc34)cs2)cc1. The number of fused-ring (bicyclic) bond motifs is 1. The molecule has 2 aromatic carbocycles. The fraction of sp³-hybridized carbons (Fsp3) is 0.261. The molecule has 3 heterocycles. The Labute approximate surface area is 178 Å². The van der Waals surface area contributed by atoms with Crippen molar-refractivity contribution in [3.63, 3.8) is 0 Å². The predicted molar refractivity (Wildman–Crippen MR) is 119 cm³/mol. The monoisotopic (exact) mass is 418 g/mol. The summed E-state index contributed by atoms with van der Waals surface area (Å²) in [5, 5.41) is 7.99. The van der Waals surface area contributed by atoms with E-state index >= 15 is 0 Å². The first kappa shape index (κ1) is 19.0. The van der Waals surface area contributed by atoms with Gasteiger partial charge in [-0.25, -0.2) is 4.98 Å². The van der Waals surface area contributed by atoms with Crippen molar-refractivity contribution in [3.8, 4) is 22.0 Å². The van der Waals surface area contributed by atoms with Gasteiger partial charge in [-0.05, 0) is 32.2 Å². The smallest absolute Gasteiger partial charge is 0.253 e. The standard InChI is InChI=1S/C23H22N4O2S/c1-15-3-5-16(6-4-15)22-24-19(14-30-22)21-18-13-17(7-8-20(18)29-25-21)23(28)27-11-9-26(2)10-12-27/h3-8,13-14H,9-12H2,1-2H3. The van der Waals surface area contributed by atoms with Gasteiger partial charge in [-0.1, -0.05) is 35.0 Å². The van der Waals surface area contributed by atoms with E-state index in [0.29, 0.717) is 16.8 Å². The first-order chi connectivity index (χ1) is 14.6. The third-order valence-corrected chi connectivity index (χ3v) is 6.44. The van der Waals surface area contributed by atoms with E-state index in [-0.39, 0.29) is 5.91 Å². The molecule has 30 heavy (non-hydrogen) atoms. The number of piperazine rings is 1. The van der Waals surface area contributed by atoms with E-state index < -0.39 is 0 Å². The van der Waals surface area contributed by atoms with Gasteiger partial charge in [-0.15, -0.1) is 11.3 Å². The normalized spacial score (nSPS) is 15.1. The number of carbonyl (C=O) groups excluding carboxylic acids is 1. The summed E-state index contributed by atoms with van der Waals surface area (Å²) in [5.74, 6) is 0.0516. The number of amides is 1. The molecular weight excluding hydrogens is 396 g/mol. The number of carbonyl (C=O) groups is 1. The lowest BCUT2D eigenvalue weighted by Crippen LogP contribution is -2.47. The summed E-state index contributed by atoms with van der Waals surface area (Å²) in [5.41, 5.74) is 5.05. The van der Waals surface area contributed by atoms with E-state index in [1.807, 2.05) is 28.5 Å². The van der Waals surface area contributed by atoms with Crippen LogP contribution in [0.5, 0.6) is 0 Å². The average Bonchev–Trinajstić information content (AvgIpc) is 3.41. The third-order valence-electron chi connectivity index (χ3n) is 5.55. The Bertz CT molecular complexity index is 1200. The van der Waals surface area contributed by atoms with Crippen molar-refractivity contribution in [2.45, 2.75) is 6.92 Å². The molecular formula is C23H22N4O2S. The topological polar surface area (TPSA) is 62.5 Å². The summed E-state index contributed by atoms with van der Waals surface area (Å²) in [6, 6.07) is 13.8. The molecule has 6 nitrogen and oxygen atoms in total. The number of benzene rings is 2.